The van der Waals surface area contributed by atoms with Crippen molar-refractivity contribution in [2.24, 2.45) is 0 Å². The molecule has 1 amide bonds. The summed E-state index contributed by atoms with van der Waals surface area (Å²) < 4.78 is 55.8. The molecule has 3 aromatic rings. The molecular formula is C29H36FN2O8P. The average Bonchev–Trinajstić information content (AvgIpc) is 2.82. The van der Waals surface area contributed by atoms with Crippen molar-refractivity contribution in [1.82, 2.24) is 4.57 Å². The Morgan fingerprint density at radius 2 is 1.59 bits per heavy atom. The second-order valence-corrected chi connectivity index (χ2v) is 12.7. The Labute approximate surface area is 239 Å². The third kappa shape index (κ3) is 9.54. The Morgan fingerprint density at radius 1 is 0.927 bits per heavy atom. The van der Waals surface area contributed by atoms with Crippen LogP contribution in [0.25, 0.3) is 0 Å². The summed E-state index contributed by atoms with van der Waals surface area (Å²) in [4.78, 5) is 26.0. The van der Waals surface area contributed by atoms with E-state index < -0.39 is 43.0 Å². The molecule has 0 unspecified atom stereocenters. The zero-order valence-corrected chi connectivity index (χ0v) is 25.3. The first-order valence-corrected chi connectivity index (χ1v) is 14.2. The Hall–Kier alpha value is -3.50. The number of methoxy groups -OCH3 is 1. The lowest BCUT2D eigenvalue weighted by atomic mass is 10.1. The van der Waals surface area contributed by atoms with Crippen LogP contribution < -0.4 is 20.3 Å². The van der Waals surface area contributed by atoms with E-state index >= 15 is 0 Å². The second-order valence-electron chi connectivity index (χ2n) is 11.2. The van der Waals surface area contributed by atoms with E-state index in [-0.39, 0.29) is 28.5 Å². The van der Waals surface area contributed by atoms with E-state index in [0.29, 0.717) is 0 Å². The van der Waals surface area contributed by atoms with Gasteiger partial charge in [-0.2, -0.15) is 0 Å². The zero-order valence-electron chi connectivity index (χ0n) is 24.4. The van der Waals surface area contributed by atoms with Gasteiger partial charge in [-0.15, -0.1) is 0 Å². The van der Waals surface area contributed by atoms with Gasteiger partial charge in [0, 0.05) is 24.0 Å². The van der Waals surface area contributed by atoms with E-state index in [4.69, 9.17) is 23.0 Å². The average molecular weight is 591 g/mol. The van der Waals surface area contributed by atoms with Crippen molar-refractivity contribution in [2.45, 2.75) is 66.4 Å². The van der Waals surface area contributed by atoms with Crippen molar-refractivity contribution >= 4 is 19.4 Å². The van der Waals surface area contributed by atoms with E-state index in [1.807, 2.05) is 6.92 Å². The molecule has 10 nitrogen and oxygen atoms in total. The number of benzene rings is 2. The summed E-state index contributed by atoms with van der Waals surface area (Å²) in [7, 11) is -2.66. The number of ether oxygens (including phenoxy) is 2. The molecule has 0 radical (unpaired) electrons. The summed E-state index contributed by atoms with van der Waals surface area (Å²) in [6, 6.07) is 11.4. The minimum atomic E-state index is -4.04. The number of phosphoric acid groups is 1. The van der Waals surface area contributed by atoms with Gasteiger partial charge in [0.25, 0.3) is 11.5 Å². The molecule has 2 aromatic carbocycles. The quantitative estimate of drug-likeness (QED) is 0.250. The first-order valence-electron chi connectivity index (χ1n) is 12.8. The molecule has 0 spiro atoms. The van der Waals surface area contributed by atoms with Gasteiger partial charge in [0.15, 0.2) is 11.5 Å². The fourth-order valence-electron chi connectivity index (χ4n) is 3.51. The van der Waals surface area contributed by atoms with Gasteiger partial charge in [-0.3, -0.25) is 27.7 Å². The maximum Gasteiger partial charge on any atom is 0.477 e. The number of anilines is 1. The smallest absolute Gasteiger partial charge is 0.477 e. The van der Waals surface area contributed by atoms with Crippen LogP contribution in [0.3, 0.4) is 0 Å². The summed E-state index contributed by atoms with van der Waals surface area (Å²) >= 11 is 0. The Balaban J connectivity index is 1.78. The largest absolute Gasteiger partial charge is 0.493 e. The van der Waals surface area contributed by atoms with Crippen molar-refractivity contribution in [1.29, 1.82) is 0 Å². The molecule has 1 aromatic heterocycles. The molecule has 1 heterocycles. The fourth-order valence-corrected chi connectivity index (χ4v) is 5.26. The van der Waals surface area contributed by atoms with E-state index in [1.54, 1.807) is 59.7 Å². The molecule has 0 aliphatic rings. The first-order chi connectivity index (χ1) is 19.0. The summed E-state index contributed by atoms with van der Waals surface area (Å²) in [6.45, 7) is 11.7. The predicted octanol–water partition coefficient (Wildman–Crippen LogP) is 7.06. The van der Waals surface area contributed by atoms with Crippen molar-refractivity contribution in [3.05, 3.63) is 82.0 Å². The number of phosphoric ester groups is 1. The highest BCUT2D eigenvalue weighted by Gasteiger charge is 2.37. The molecule has 222 valence electrons. The molecule has 0 fully saturated rings. The predicted molar refractivity (Wildman–Crippen MR) is 153 cm³/mol. The molecule has 1 N–H and O–H groups in total. The van der Waals surface area contributed by atoms with Crippen molar-refractivity contribution < 1.29 is 36.8 Å². The highest BCUT2D eigenvalue weighted by Crippen LogP contribution is 2.55. The molecule has 0 saturated carbocycles. The van der Waals surface area contributed by atoms with Gasteiger partial charge in [0.05, 0.1) is 23.9 Å². The number of carbonyl (C=O) groups is 1. The fraction of sp³-hybridized carbons (Fsp3) is 0.379. The lowest BCUT2D eigenvalue weighted by Gasteiger charge is -2.30. The van der Waals surface area contributed by atoms with E-state index in [0.717, 1.165) is 10.1 Å². The molecule has 0 saturated heterocycles. The number of halogens is 1. The SMILES string of the molecule is COc1cc(F)ccc1Oc1cc(C)ccc1C(=O)Nc1ccn(COP(=O)(OC(C)(C)C)OC(C)(C)C)c(=O)c1. The van der Waals surface area contributed by atoms with Crippen LogP contribution in [0.2, 0.25) is 0 Å². The number of hydrogen-bond donors (Lipinski definition) is 1. The van der Waals surface area contributed by atoms with Gasteiger partial charge >= 0.3 is 7.82 Å². The second kappa shape index (κ2) is 12.6. The molecule has 41 heavy (non-hydrogen) atoms. The van der Waals surface area contributed by atoms with Gasteiger partial charge in [-0.25, -0.2) is 8.96 Å². The minimum absolute atomic E-state index is 0.161. The van der Waals surface area contributed by atoms with E-state index in [9.17, 15) is 18.5 Å². The first kappa shape index (κ1) is 32.0. The highest BCUT2D eigenvalue weighted by atomic mass is 31.2. The monoisotopic (exact) mass is 590 g/mol. The molecule has 0 aliphatic carbocycles. The maximum atomic E-state index is 13.6. The Morgan fingerprint density at radius 3 is 2.17 bits per heavy atom. The molecule has 0 atom stereocenters. The number of amides is 1. The maximum absolute atomic E-state index is 13.6. The van der Waals surface area contributed by atoms with E-state index in [2.05, 4.69) is 5.32 Å². The lowest BCUT2D eigenvalue weighted by Crippen LogP contribution is -2.26. The van der Waals surface area contributed by atoms with Crippen LogP contribution in [0.4, 0.5) is 10.1 Å². The van der Waals surface area contributed by atoms with Gasteiger partial charge in [-0.05, 0) is 84.4 Å². The van der Waals surface area contributed by atoms with Crippen molar-refractivity contribution in [2.75, 3.05) is 12.4 Å². The molecule has 0 aliphatic heterocycles. The standard InChI is InChI=1S/C29H36FN2O8P/c1-19-9-11-22(24(15-19)38-23-12-10-20(30)16-25(23)36-8)27(34)31-21-13-14-32(26(33)17-21)18-37-41(35,39-28(2,3)4)40-29(5,6)7/h9-17H,18H2,1-8H3,(H,31,34). The third-order valence-corrected chi connectivity index (χ3v) is 7.08. The number of hydrogen-bond acceptors (Lipinski definition) is 8. The number of nitrogens with one attached hydrogen (secondary N) is 1. The molecule has 3 rings (SSSR count). The summed E-state index contributed by atoms with van der Waals surface area (Å²) in [5.41, 5.74) is -0.988. The summed E-state index contributed by atoms with van der Waals surface area (Å²) in [5, 5.41) is 2.68. The molecule has 12 heteroatoms. The van der Waals surface area contributed by atoms with Gasteiger partial charge < -0.3 is 14.8 Å². The van der Waals surface area contributed by atoms with Crippen LogP contribution in [-0.2, 0) is 24.9 Å². The van der Waals surface area contributed by atoms with Crippen molar-refractivity contribution in [3.63, 3.8) is 0 Å². The van der Waals surface area contributed by atoms with Crippen LogP contribution in [0, 0.1) is 12.7 Å². The van der Waals surface area contributed by atoms with Gasteiger partial charge in [0.2, 0.25) is 0 Å². The number of nitrogens with zero attached hydrogens (tertiary/aromatic N) is 1. The Kier molecular flexibility index (Phi) is 9.81. The number of aromatic nitrogens is 1. The van der Waals surface area contributed by atoms with Crippen LogP contribution in [-0.4, -0.2) is 28.8 Å². The Bertz CT molecular complexity index is 1490. The van der Waals surface area contributed by atoms with E-state index in [1.165, 1.54) is 43.6 Å². The molecular weight excluding hydrogens is 554 g/mol. The topological polar surface area (TPSA) is 114 Å². The zero-order chi connectivity index (χ0) is 30.6. The normalized spacial score (nSPS) is 12.2. The van der Waals surface area contributed by atoms with Gasteiger partial charge in [-0.1, -0.05) is 6.07 Å². The van der Waals surface area contributed by atoms with Crippen LogP contribution in [0.15, 0.2) is 59.5 Å². The third-order valence-electron chi connectivity index (χ3n) is 5.11. The lowest BCUT2D eigenvalue weighted by molar-refractivity contribution is -0.00651. The summed E-state index contributed by atoms with van der Waals surface area (Å²) in [6.07, 6.45) is 1.38. The summed E-state index contributed by atoms with van der Waals surface area (Å²) in [5.74, 6) is -0.449. The van der Waals surface area contributed by atoms with Crippen molar-refractivity contribution in [3.8, 4) is 17.2 Å². The molecule has 0 bridgehead atoms. The minimum Gasteiger partial charge on any atom is -0.493 e. The highest BCUT2D eigenvalue weighted by molar-refractivity contribution is 7.48. The van der Waals surface area contributed by atoms with Crippen LogP contribution >= 0.6 is 7.82 Å². The number of pyridine rings is 1. The van der Waals surface area contributed by atoms with Gasteiger partial charge in [0.1, 0.15) is 18.3 Å². The van der Waals surface area contributed by atoms with Crippen LogP contribution in [0.5, 0.6) is 17.2 Å². The number of rotatable bonds is 10. The van der Waals surface area contributed by atoms with Crippen LogP contribution in [0.1, 0.15) is 57.5 Å². The number of aryl methyl sites for hydroxylation is 1. The number of carbonyl (C=O) groups excluding carboxylic acids is 1.